The number of sulfonamides is 1. The predicted molar refractivity (Wildman–Crippen MR) is 72.9 cm³/mol. The van der Waals surface area contributed by atoms with Gasteiger partial charge in [-0.1, -0.05) is 37.3 Å². The lowest BCUT2D eigenvalue weighted by Gasteiger charge is -2.19. The van der Waals surface area contributed by atoms with E-state index in [4.69, 9.17) is 0 Å². The van der Waals surface area contributed by atoms with Crippen molar-refractivity contribution in [1.82, 2.24) is 14.1 Å². The summed E-state index contributed by atoms with van der Waals surface area (Å²) in [6, 6.07) is 9.55. The van der Waals surface area contributed by atoms with E-state index in [1.807, 2.05) is 37.3 Å². The molecule has 0 aliphatic heterocycles. The van der Waals surface area contributed by atoms with Gasteiger partial charge in [-0.25, -0.2) is 8.42 Å². The van der Waals surface area contributed by atoms with Gasteiger partial charge >= 0.3 is 0 Å². The molecule has 0 spiro atoms. The van der Waals surface area contributed by atoms with Gasteiger partial charge < -0.3 is 0 Å². The minimum absolute atomic E-state index is 0.229. The maximum atomic E-state index is 12.5. The summed E-state index contributed by atoms with van der Waals surface area (Å²) in [5.74, 6) is 0. The van der Waals surface area contributed by atoms with Gasteiger partial charge in [-0.15, -0.1) is 0 Å². The van der Waals surface area contributed by atoms with Crippen molar-refractivity contribution < 1.29 is 8.42 Å². The van der Waals surface area contributed by atoms with Crippen LogP contribution in [0.1, 0.15) is 12.5 Å². The van der Waals surface area contributed by atoms with Crippen LogP contribution in [0.5, 0.6) is 0 Å². The average molecular weight is 279 g/mol. The maximum Gasteiger partial charge on any atom is 0.246 e. The molecule has 0 saturated carbocycles. The highest BCUT2D eigenvalue weighted by Crippen LogP contribution is 2.17. The fraction of sp³-hybridized carbons (Fsp3) is 0.308. The van der Waals surface area contributed by atoms with E-state index in [0.717, 1.165) is 5.56 Å². The third kappa shape index (κ3) is 3.02. The second-order valence-electron chi connectivity index (χ2n) is 4.27. The lowest BCUT2D eigenvalue weighted by molar-refractivity contribution is 0.423. The average Bonchev–Trinajstić information content (AvgIpc) is 2.84. The van der Waals surface area contributed by atoms with Gasteiger partial charge in [-0.05, 0) is 5.56 Å². The van der Waals surface area contributed by atoms with Crippen LogP contribution in [0.25, 0.3) is 0 Å². The number of aromatic nitrogens is 2. The van der Waals surface area contributed by atoms with Crippen molar-refractivity contribution in [2.24, 2.45) is 7.05 Å². The number of nitrogens with zero attached hydrogens (tertiary/aromatic N) is 3. The Kier molecular flexibility index (Phi) is 4.01. The monoisotopic (exact) mass is 279 g/mol. The molecule has 0 aliphatic rings. The lowest BCUT2D eigenvalue weighted by atomic mass is 10.2. The molecule has 2 rings (SSSR count). The highest BCUT2D eigenvalue weighted by atomic mass is 32.2. The predicted octanol–water partition coefficient (Wildman–Crippen LogP) is 1.63. The molecule has 0 radical (unpaired) electrons. The zero-order chi connectivity index (χ0) is 13.9. The zero-order valence-corrected chi connectivity index (χ0v) is 11.8. The number of hydrogen-bond donors (Lipinski definition) is 0. The summed E-state index contributed by atoms with van der Waals surface area (Å²) < 4.78 is 27.8. The fourth-order valence-corrected chi connectivity index (χ4v) is 3.26. The van der Waals surface area contributed by atoms with Crippen molar-refractivity contribution in [3.63, 3.8) is 0 Å². The number of hydrogen-bond acceptors (Lipinski definition) is 3. The Morgan fingerprint density at radius 2 is 1.95 bits per heavy atom. The van der Waals surface area contributed by atoms with Gasteiger partial charge in [-0.2, -0.15) is 9.40 Å². The van der Waals surface area contributed by atoms with Gasteiger partial charge in [0.2, 0.25) is 10.0 Å². The minimum Gasteiger partial charge on any atom is -0.274 e. The normalized spacial score (nSPS) is 11.9. The molecule has 0 saturated heterocycles. The summed E-state index contributed by atoms with van der Waals surface area (Å²) in [6.07, 6.45) is 2.89. The van der Waals surface area contributed by atoms with Gasteiger partial charge in [-0.3, -0.25) is 4.68 Å². The maximum absolute atomic E-state index is 12.5. The molecule has 0 fully saturated rings. The Hall–Kier alpha value is -1.66. The summed E-state index contributed by atoms with van der Waals surface area (Å²) >= 11 is 0. The molecule has 1 aromatic heterocycles. The lowest BCUT2D eigenvalue weighted by Crippen LogP contribution is -2.30. The SMILES string of the molecule is CCN(Cc1ccccc1)S(=O)(=O)c1cnn(C)c1. The summed E-state index contributed by atoms with van der Waals surface area (Å²) in [5.41, 5.74) is 0.969. The van der Waals surface area contributed by atoms with Gasteiger partial charge in [0.1, 0.15) is 4.90 Å². The number of benzene rings is 1. The largest absolute Gasteiger partial charge is 0.274 e. The second-order valence-corrected chi connectivity index (χ2v) is 6.20. The van der Waals surface area contributed by atoms with Gasteiger partial charge in [0, 0.05) is 26.3 Å². The molecular weight excluding hydrogens is 262 g/mol. The first kappa shape index (κ1) is 13.8. The van der Waals surface area contributed by atoms with Crippen LogP contribution in [0, 0.1) is 0 Å². The van der Waals surface area contributed by atoms with Gasteiger partial charge in [0.05, 0.1) is 6.20 Å². The van der Waals surface area contributed by atoms with Crippen molar-refractivity contribution >= 4 is 10.0 Å². The molecule has 0 unspecified atom stereocenters. The van der Waals surface area contributed by atoms with Crippen LogP contribution in [0.15, 0.2) is 47.6 Å². The van der Waals surface area contributed by atoms with Crippen molar-refractivity contribution in [3.05, 3.63) is 48.3 Å². The van der Waals surface area contributed by atoms with E-state index in [9.17, 15) is 8.42 Å². The van der Waals surface area contributed by atoms with Gasteiger partial charge in [0.15, 0.2) is 0 Å². The Labute approximate surface area is 113 Å². The van der Waals surface area contributed by atoms with E-state index in [0.29, 0.717) is 13.1 Å². The summed E-state index contributed by atoms with van der Waals surface area (Å²) in [7, 11) is -1.78. The van der Waals surface area contributed by atoms with E-state index in [1.54, 1.807) is 7.05 Å². The smallest absolute Gasteiger partial charge is 0.246 e. The summed E-state index contributed by atoms with van der Waals surface area (Å²) in [6.45, 7) is 2.62. The van der Waals surface area contributed by atoms with Crippen LogP contribution in [0.4, 0.5) is 0 Å². The number of rotatable bonds is 5. The summed E-state index contributed by atoms with van der Waals surface area (Å²) in [4.78, 5) is 0.229. The van der Waals surface area contributed by atoms with Crippen LogP contribution >= 0.6 is 0 Å². The van der Waals surface area contributed by atoms with E-state index in [2.05, 4.69) is 5.10 Å². The van der Waals surface area contributed by atoms with Gasteiger partial charge in [0.25, 0.3) is 0 Å². The van der Waals surface area contributed by atoms with Crippen molar-refractivity contribution in [3.8, 4) is 0 Å². The molecule has 5 nitrogen and oxygen atoms in total. The highest BCUT2D eigenvalue weighted by Gasteiger charge is 2.24. The topological polar surface area (TPSA) is 55.2 Å². The molecule has 2 aromatic rings. The summed E-state index contributed by atoms with van der Waals surface area (Å²) in [5, 5.41) is 3.92. The highest BCUT2D eigenvalue weighted by molar-refractivity contribution is 7.89. The van der Waals surface area contributed by atoms with Crippen LogP contribution in [-0.4, -0.2) is 29.0 Å². The molecule has 6 heteroatoms. The molecule has 0 amide bonds. The quantitative estimate of drug-likeness (QED) is 0.836. The molecule has 1 aromatic carbocycles. The van der Waals surface area contributed by atoms with E-state index >= 15 is 0 Å². The third-order valence-corrected chi connectivity index (χ3v) is 4.75. The molecule has 0 aliphatic carbocycles. The van der Waals surface area contributed by atoms with Crippen molar-refractivity contribution in [1.29, 1.82) is 0 Å². The standard InChI is InChI=1S/C13H17N3O2S/c1-3-16(10-12-7-5-4-6-8-12)19(17,18)13-9-14-15(2)11-13/h4-9,11H,3,10H2,1-2H3. The van der Waals surface area contributed by atoms with Crippen LogP contribution in [-0.2, 0) is 23.6 Å². The second kappa shape index (κ2) is 5.54. The molecule has 19 heavy (non-hydrogen) atoms. The van der Waals surface area contributed by atoms with Crippen LogP contribution in [0.2, 0.25) is 0 Å². The van der Waals surface area contributed by atoms with E-state index in [1.165, 1.54) is 21.4 Å². The minimum atomic E-state index is -3.48. The Morgan fingerprint density at radius 3 is 2.47 bits per heavy atom. The number of aryl methyl sites for hydroxylation is 1. The Balaban J connectivity index is 2.27. The zero-order valence-electron chi connectivity index (χ0n) is 11.0. The molecule has 102 valence electrons. The van der Waals surface area contributed by atoms with E-state index in [-0.39, 0.29) is 4.90 Å². The molecule has 0 atom stereocenters. The van der Waals surface area contributed by atoms with Crippen LogP contribution in [0.3, 0.4) is 0 Å². The first-order valence-electron chi connectivity index (χ1n) is 6.06. The third-order valence-electron chi connectivity index (χ3n) is 2.87. The van der Waals surface area contributed by atoms with Crippen molar-refractivity contribution in [2.45, 2.75) is 18.4 Å². The Bertz CT molecular complexity index is 635. The fourth-order valence-electron chi connectivity index (χ4n) is 1.83. The van der Waals surface area contributed by atoms with Crippen LogP contribution < -0.4 is 0 Å². The molecular formula is C13H17N3O2S. The molecule has 0 N–H and O–H groups in total. The van der Waals surface area contributed by atoms with E-state index < -0.39 is 10.0 Å². The first-order chi connectivity index (χ1) is 9.04. The first-order valence-corrected chi connectivity index (χ1v) is 7.50. The Morgan fingerprint density at radius 1 is 1.26 bits per heavy atom. The molecule has 0 bridgehead atoms. The molecule has 1 heterocycles. The van der Waals surface area contributed by atoms with Crippen molar-refractivity contribution in [2.75, 3.05) is 6.54 Å².